The minimum Gasteiger partial charge on any atom is -0.385 e. The molecule has 0 saturated heterocycles. The molecule has 0 bridgehead atoms. The van der Waals surface area contributed by atoms with Crippen molar-refractivity contribution in [3.8, 4) is 0 Å². The van der Waals surface area contributed by atoms with Crippen LogP contribution in [0.4, 0.5) is 0 Å². The van der Waals surface area contributed by atoms with E-state index >= 15 is 0 Å². The second kappa shape index (κ2) is 8.48. The molecule has 0 aromatic rings. The Kier molecular flexibility index (Phi) is 8.40. The summed E-state index contributed by atoms with van der Waals surface area (Å²) < 4.78 is 5.05. The summed E-state index contributed by atoms with van der Waals surface area (Å²) in [4.78, 5) is 2.39. The molecular formula is C10H24N2O. The molecule has 3 nitrogen and oxygen atoms in total. The van der Waals surface area contributed by atoms with Crippen LogP contribution in [-0.4, -0.2) is 51.8 Å². The first-order valence-corrected chi connectivity index (χ1v) is 5.06. The van der Waals surface area contributed by atoms with E-state index in [1.807, 2.05) is 7.05 Å². The van der Waals surface area contributed by atoms with Crippen molar-refractivity contribution < 1.29 is 4.74 Å². The fourth-order valence-corrected chi connectivity index (χ4v) is 1.23. The first kappa shape index (κ1) is 12.9. The van der Waals surface area contributed by atoms with Crippen molar-refractivity contribution in [2.75, 3.05) is 40.9 Å². The summed E-state index contributed by atoms with van der Waals surface area (Å²) in [5.74, 6) is 0. The summed E-state index contributed by atoms with van der Waals surface area (Å²) in [5.41, 5.74) is 0. The van der Waals surface area contributed by atoms with E-state index < -0.39 is 0 Å². The van der Waals surface area contributed by atoms with Gasteiger partial charge in [0.05, 0.1) is 0 Å². The van der Waals surface area contributed by atoms with Crippen LogP contribution in [0, 0.1) is 0 Å². The summed E-state index contributed by atoms with van der Waals surface area (Å²) in [5, 5.41) is 3.15. The van der Waals surface area contributed by atoms with E-state index in [4.69, 9.17) is 4.74 Å². The Labute approximate surface area is 82.4 Å². The van der Waals surface area contributed by atoms with Crippen molar-refractivity contribution in [1.82, 2.24) is 10.2 Å². The van der Waals surface area contributed by atoms with Crippen molar-refractivity contribution in [2.24, 2.45) is 0 Å². The number of nitrogens with zero attached hydrogens (tertiary/aromatic N) is 1. The van der Waals surface area contributed by atoms with Crippen molar-refractivity contribution in [3.05, 3.63) is 0 Å². The van der Waals surface area contributed by atoms with Crippen LogP contribution in [-0.2, 0) is 4.74 Å². The molecule has 0 radical (unpaired) electrons. The highest BCUT2D eigenvalue weighted by Crippen LogP contribution is 2.01. The third-order valence-electron chi connectivity index (χ3n) is 2.43. The van der Waals surface area contributed by atoms with Crippen molar-refractivity contribution in [1.29, 1.82) is 0 Å². The first-order valence-electron chi connectivity index (χ1n) is 5.06. The molecular weight excluding hydrogens is 164 g/mol. The summed E-state index contributed by atoms with van der Waals surface area (Å²) in [6.45, 7) is 5.36. The van der Waals surface area contributed by atoms with Crippen LogP contribution in [0.5, 0.6) is 0 Å². The van der Waals surface area contributed by atoms with Crippen LogP contribution in [0.25, 0.3) is 0 Å². The number of hydrogen-bond acceptors (Lipinski definition) is 3. The van der Waals surface area contributed by atoms with Crippen LogP contribution in [0.3, 0.4) is 0 Å². The molecule has 0 saturated carbocycles. The van der Waals surface area contributed by atoms with Crippen LogP contribution in [0.1, 0.15) is 19.8 Å². The normalized spacial score (nSPS) is 13.6. The van der Waals surface area contributed by atoms with Gasteiger partial charge in [0.15, 0.2) is 0 Å². The van der Waals surface area contributed by atoms with Crippen LogP contribution >= 0.6 is 0 Å². The summed E-state index contributed by atoms with van der Waals surface area (Å²) in [7, 11) is 5.93. The molecule has 0 aliphatic heterocycles. The van der Waals surface area contributed by atoms with Gasteiger partial charge in [-0.1, -0.05) is 0 Å². The zero-order valence-corrected chi connectivity index (χ0v) is 9.47. The van der Waals surface area contributed by atoms with Gasteiger partial charge in [-0.3, -0.25) is 0 Å². The zero-order valence-electron chi connectivity index (χ0n) is 9.47. The van der Waals surface area contributed by atoms with Crippen molar-refractivity contribution in [2.45, 2.75) is 25.8 Å². The Morgan fingerprint density at radius 1 is 1.46 bits per heavy atom. The average Bonchev–Trinajstić information content (AvgIpc) is 2.14. The number of hydrogen-bond donors (Lipinski definition) is 1. The fourth-order valence-electron chi connectivity index (χ4n) is 1.23. The van der Waals surface area contributed by atoms with E-state index in [2.05, 4.69) is 24.2 Å². The zero-order chi connectivity index (χ0) is 10.1. The van der Waals surface area contributed by atoms with Crippen LogP contribution < -0.4 is 5.32 Å². The lowest BCUT2D eigenvalue weighted by Crippen LogP contribution is -2.32. The summed E-state index contributed by atoms with van der Waals surface area (Å²) in [6.07, 6.45) is 2.33. The van der Waals surface area contributed by atoms with Gasteiger partial charge >= 0.3 is 0 Å². The van der Waals surface area contributed by atoms with Crippen molar-refractivity contribution >= 4 is 0 Å². The lowest BCUT2D eigenvalue weighted by Gasteiger charge is -2.24. The molecule has 1 unspecified atom stereocenters. The minimum absolute atomic E-state index is 0.622. The quantitative estimate of drug-likeness (QED) is 0.574. The van der Waals surface area contributed by atoms with Crippen molar-refractivity contribution in [3.63, 3.8) is 0 Å². The smallest absolute Gasteiger partial charge is 0.0477 e. The van der Waals surface area contributed by atoms with Gasteiger partial charge in [0.1, 0.15) is 0 Å². The Morgan fingerprint density at radius 2 is 2.15 bits per heavy atom. The molecule has 1 N–H and O–H groups in total. The van der Waals surface area contributed by atoms with Gasteiger partial charge < -0.3 is 15.0 Å². The molecule has 0 aromatic heterocycles. The molecule has 0 aliphatic rings. The lowest BCUT2D eigenvalue weighted by atomic mass is 10.2. The van der Waals surface area contributed by atoms with E-state index in [1.54, 1.807) is 7.11 Å². The van der Waals surface area contributed by atoms with Gasteiger partial charge in [0, 0.05) is 19.8 Å². The van der Waals surface area contributed by atoms with Gasteiger partial charge in [0.2, 0.25) is 0 Å². The monoisotopic (exact) mass is 188 g/mol. The number of ether oxygens (including phenoxy) is 1. The molecule has 0 amide bonds. The molecule has 0 aliphatic carbocycles. The molecule has 0 fully saturated rings. The predicted molar refractivity (Wildman–Crippen MR) is 57.1 cm³/mol. The Hall–Kier alpha value is -0.120. The van der Waals surface area contributed by atoms with E-state index in [0.29, 0.717) is 6.04 Å². The molecule has 80 valence electrons. The molecule has 0 aromatic carbocycles. The maximum Gasteiger partial charge on any atom is 0.0477 e. The highest BCUT2D eigenvalue weighted by Gasteiger charge is 2.07. The van der Waals surface area contributed by atoms with E-state index in [1.165, 1.54) is 6.42 Å². The van der Waals surface area contributed by atoms with Gasteiger partial charge in [-0.2, -0.15) is 0 Å². The molecule has 0 rings (SSSR count). The number of methoxy groups -OCH3 is 1. The lowest BCUT2D eigenvalue weighted by molar-refractivity contribution is 0.152. The topological polar surface area (TPSA) is 24.5 Å². The Morgan fingerprint density at radius 3 is 2.69 bits per heavy atom. The molecule has 3 heteroatoms. The maximum atomic E-state index is 5.05. The van der Waals surface area contributed by atoms with Gasteiger partial charge in [0.25, 0.3) is 0 Å². The molecule has 13 heavy (non-hydrogen) atoms. The van der Waals surface area contributed by atoms with Gasteiger partial charge in [-0.25, -0.2) is 0 Å². The first-order chi connectivity index (χ1) is 6.22. The maximum absolute atomic E-state index is 5.05. The highest BCUT2D eigenvalue weighted by atomic mass is 16.5. The van der Waals surface area contributed by atoms with Gasteiger partial charge in [-0.05, 0) is 47.0 Å². The minimum atomic E-state index is 0.622. The van der Waals surface area contributed by atoms with E-state index in [0.717, 1.165) is 26.1 Å². The standard InChI is InChI=1S/C10H24N2O/c1-10(6-9-13-4)12(3)8-5-7-11-2/h10-11H,5-9H2,1-4H3. The SMILES string of the molecule is CNCCCN(C)C(C)CCOC. The van der Waals surface area contributed by atoms with Crippen LogP contribution in [0.15, 0.2) is 0 Å². The third kappa shape index (κ3) is 6.99. The summed E-state index contributed by atoms with van der Waals surface area (Å²) >= 11 is 0. The predicted octanol–water partition coefficient (Wildman–Crippen LogP) is 0.953. The van der Waals surface area contributed by atoms with Crippen LogP contribution in [0.2, 0.25) is 0 Å². The third-order valence-corrected chi connectivity index (χ3v) is 2.43. The summed E-state index contributed by atoms with van der Waals surface area (Å²) in [6, 6.07) is 0.622. The Balaban J connectivity index is 3.38. The molecule has 0 heterocycles. The number of nitrogens with one attached hydrogen (secondary N) is 1. The second-order valence-corrected chi connectivity index (χ2v) is 3.57. The largest absolute Gasteiger partial charge is 0.385 e. The fraction of sp³-hybridized carbons (Fsp3) is 1.00. The Bertz CT molecular complexity index is 109. The highest BCUT2D eigenvalue weighted by molar-refractivity contribution is 4.63. The van der Waals surface area contributed by atoms with Gasteiger partial charge in [-0.15, -0.1) is 0 Å². The van der Waals surface area contributed by atoms with E-state index in [-0.39, 0.29) is 0 Å². The molecule has 0 spiro atoms. The van der Waals surface area contributed by atoms with E-state index in [9.17, 15) is 0 Å². The molecule has 1 atom stereocenters. The second-order valence-electron chi connectivity index (χ2n) is 3.57. The number of rotatable bonds is 8. The average molecular weight is 188 g/mol.